The number of nitrogens with zero attached hydrogens (tertiary/aromatic N) is 2. The van der Waals surface area contributed by atoms with Gasteiger partial charge in [-0.3, -0.25) is 0 Å². The van der Waals surface area contributed by atoms with Crippen LogP contribution in [0.2, 0.25) is 0 Å². The molecule has 2 N–H and O–H groups in total. The quantitative estimate of drug-likeness (QED) is 0.851. The van der Waals surface area contributed by atoms with Crippen LogP contribution in [0.5, 0.6) is 0 Å². The van der Waals surface area contributed by atoms with E-state index in [9.17, 15) is 0 Å². The summed E-state index contributed by atoms with van der Waals surface area (Å²) in [6.07, 6.45) is 3.72. The summed E-state index contributed by atoms with van der Waals surface area (Å²) in [5.41, 5.74) is 1.03. The SMILES string of the molecule is CCCNC(Cc1nc(-c2ccc[nH]2)no1)C(C)(C)C. The lowest BCUT2D eigenvalue weighted by Gasteiger charge is -2.30. The monoisotopic (exact) mass is 276 g/mol. The van der Waals surface area contributed by atoms with Crippen LogP contribution in [0.4, 0.5) is 0 Å². The van der Waals surface area contributed by atoms with E-state index in [0.717, 1.165) is 25.1 Å². The molecular formula is C15H24N4O. The number of nitrogens with one attached hydrogen (secondary N) is 2. The maximum Gasteiger partial charge on any atom is 0.228 e. The molecule has 2 rings (SSSR count). The van der Waals surface area contributed by atoms with Crippen LogP contribution in [0.25, 0.3) is 11.5 Å². The molecule has 2 aromatic rings. The van der Waals surface area contributed by atoms with E-state index in [1.807, 2.05) is 18.3 Å². The van der Waals surface area contributed by atoms with Gasteiger partial charge in [-0.1, -0.05) is 32.9 Å². The molecule has 0 saturated carbocycles. The van der Waals surface area contributed by atoms with Gasteiger partial charge in [0.2, 0.25) is 11.7 Å². The fraction of sp³-hybridized carbons (Fsp3) is 0.600. The number of rotatable bonds is 6. The van der Waals surface area contributed by atoms with Crippen LogP contribution < -0.4 is 5.32 Å². The summed E-state index contributed by atoms with van der Waals surface area (Å²) in [5.74, 6) is 1.30. The average Bonchev–Trinajstić information content (AvgIpc) is 3.03. The van der Waals surface area contributed by atoms with Gasteiger partial charge in [0.25, 0.3) is 0 Å². The molecule has 0 fully saturated rings. The molecule has 2 heterocycles. The Morgan fingerprint density at radius 3 is 2.80 bits per heavy atom. The molecule has 20 heavy (non-hydrogen) atoms. The lowest BCUT2D eigenvalue weighted by Crippen LogP contribution is -2.42. The van der Waals surface area contributed by atoms with Crippen LogP contribution in [0.1, 0.15) is 40.0 Å². The Bertz CT molecular complexity index is 510. The lowest BCUT2D eigenvalue weighted by atomic mass is 9.84. The van der Waals surface area contributed by atoms with Crippen LogP contribution in [-0.2, 0) is 6.42 Å². The minimum absolute atomic E-state index is 0.149. The Morgan fingerprint density at radius 2 is 2.20 bits per heavy atom. The Morgan fingerprint density at radius 1 is 1.40 bits per heavy atom. The van der Waals surface area contributed by atoms with Gasteiger partial charge in [0.1, 0.15) is 0 Å². The largest absolute Gasteiger partial charge is 0.359 e. The van der Waals surface area contributed by atoms with Gasteiger partial charge in [-0.25, -0.2) is 0 Å². The molecule has 0 aliphatic rings. The van der Waals surface area contributed by atoms with Crippen molar-refractivity contribution >= 4 is 0 Å². The third-order valence-corrected chi connectivity index (χ3v) is 3.37. The second-order valence-electron chi connectivity index (χ2n) is 6.17. The van der Waals surface area contributed by atoms with Gasteiger partial charge < -0.3 is 14.8 Å². The molecule has 5 heteroatoms. The van der Waals surface area contributed by atoms with E-state index in [1.54, 1.807) is 0 Å². The first kappa shape index (κ1) is 14.8. The summed E-state index contributed by atoms with van der Waals surface area (Å²) < 4.78 is 5.37. The summed E-state index contributed by atoms with van der Waals surface area (Å²) in [4.78, 5) is 7.55. The average molecular weight is 276 g/mol. The van der Waals surface area contributed by atoms with E-state index in [2.05, 4.69) is 48.1 Å². The first-order valence-electron chi connectivity index (χ1n) is 7.20. The second-order valence-corrected chi connectivity index (χ2v) is 6.17. The minimum Gasteiger partial charge on any atom is -0.359 e. The van der Waals surface area contributed by atoms with Gasteiger partial charge in [0, 0.05) is 18.7 Å². The van der Waals surface area contributed by atoms with Crippen molar-refractivity contribution in [3.63, 3.8) is 0 Å². The molecule has 0 radical (unpaired) electrons. The van der Waals surface area contributed by atoms with Crippen LogP contribution in [0, 0.1) is 5.41 Å². The van der Waals surface area contributed by atoms with Crippen molar-refractivity contribution in [2.75, 3.05) is 6.54 Å². The van der Waals surface area contributed by atoms with Gasteiger partial charge in [-0.05, 0) is 30.5 Å². The topological polar surface area (TPSA) is 66.7 Å². The van der Waals surface area contributed by atoms with Crippen LogP contribution in [0.15, 0.2) is 22.9 Å². The summed E-state index contributed by atoms with van der Waals surface area (Å²) in [6.45, 7) is 9.84. The first-order chi connectivity index (χ1) is 9.50. The van der Waals surface area contributed by atoms with E-state index in [-0.39, 0.29) is 5.41 Å². The molecule has 5 nitrogen and oxygen atoms in total. The molecule has 0 aliphatic heterocycles. The Balaban J connectivity index is 2.07. The molecule has 0 saturated heterocycles. The highest BCUT2D eigenvalue weighted by molar-refractivity contribution is 5.47. The second kappa shape index (κ2) is 6.22. The van der Waals surface area contributed by atoms with E-state index in [0.29, 0.717) is 17.8 Å². The van der Waals surface area contributed by atoms with Gasteiger partial charge >= 0.3 is 0 Å². The fourth-order valence-corrected chi connectivity index (χ4v) is 2.09. The van der Waals surface area contributed by atoms with Crippen molar-refractivity contribution in [2.24, 2.45) is 5.41 Å². The molecule has 110 valence electrons. The van der Waals surface area contributed by atoms with Crippen LogP contribution >= 0.6 is 0 Å². The van der Waals surface area contributed by atoms with E-state index < -0.39 is 0 Å². The summed E-state index contributed by atoms with van der Waals surface area (Å²) in [5, 5.41) is 7.60. The van der Waals surface area contributed by atoms with Crippen molar-refractivity contribution in [1.82, 2.24) is 20.4 Å². The van der Waals surface area contributed by atoms with Crippen molar-refractivity contribution in [1.29, 1.82) is 0 Å². The number of aromatic amines is 1. The van der Waals surface area contributed by atoms with Crippen LogP contribution in [-0.4, -0.2) is 27.7 Å². The maximum absolute atomic E-state index is 5.37. The van der Waals surface area contributed by atoms with E-state index >= 15 is 0 Å². The van der Waals surface area contributed by atoms with Gasteiger partial charge in [0.15, 0.2) is 0 Å². The van der Waals surface area contributed by atoms with Crippen molar-refractivity contribution in [3.05, 3.63) is 24.2 Å². The predicted octanol–water partition coefficient (Wildman–Crippen LogP) is 3.02. The van der Waals surface area contributed by atoms with E-state index in [4.69, 9.17) is 4.52 Å². The maximum atomic E-state index is 5.37. The highest BCUT2D eigenvalue weighted by Gasteiger charge is 2.26. The third kappa shape index (κ3) is 3.70. The van der Waals surface area contributed by atoms with Gasteiger partial charge in [-0.15, -0.1) is 0 Å². The molecule has 1 atom stereocenters. The smallest absolute Gasteiger partial charge is 0.228 e. The zero-order valence-electron chi connectivity index (χ0n) is 12.7. The number of H-pyrrole nitrogens is 1. The zero-order valence-corrected chi connectivity index (χ0v) is 12.7. The van der Waals surface area contributed by atoms with Crippen molar-refractivity contribution in [2.45, 2.75) is 46.6 Å². The van der Waals surface area contributed by atoms with Gasteiger partial charge in [0.05, 0.1) is 5.69 Å². The highest BCUT2D eigenvalue weighted by Crippen LogP contribution is 2.23. The van der Waals surface area contributed by atoms with Crippen molar-refractivity contribution in [3.8, 4) is 11.5 Å². The summed E-state index contributed by atoms with van der Waals surface area (Å²) >= 11 is 0. The Hall–Kier alpha value is -1.62. The number of aromatic nitrogens is 3. The summed E-state index contributed by atoms with van der Waals surface area (Å²) in [6, 6.07) is 4.18. The Kier molecular flexibility index (Phi) is 4.60. The van der Waals surface area contributed by atoms with Crippen molar-refractivity contribution < 1.29 is 4.52 Å². The molecule has 0 bridgehead atoms. The lowest BCUT2D eigenvalue weighted by molar-refractivity contribution is 0.244. The number of hydrogen-bond donors (Lipinski definition) is 2. The van der Waals surface area contributed by atoms with Gasteiger partial charge in [-0.2, -0.15) is 4.98 Å². The molecule has 0 spiro atoms. The normalized spacial score (nSPS) is 13.6. The zero-order chi connectivity index (χ0) is 14.6. The molecule has 0 aromatic carbocycles. The molecule has 0 aliphatic carbocycles. The minimum atomic E-state index is 0.149. The summed E-state index contributed by atoms with van der Waals surface area (Å²) in [7, 11) is 0. The fourth-order valence-electron chi connectivity index (χ4n) is 2.09. The standard InChI is InChI=1S/C15H24N4O/c1-5-8-17-12(15(2,3)4)10-13-18-14(19-20-13)11-7-6-9-16-11/h6-7,9,12,16-17H,5,8,10H2,1-4H3. The highest BCUT2D eigenvalue weighted by atomic mass is 16.5. The number of hydrogen-bond acceptors (Lipinski definition) is 4. The molecule has 0 amide bonds. The first-order valence-corrected chi connectivity index (χ1v) is 7.20. The molecule has 1 unspecified atom stereocenters. The Labute approximate surface area is 120 Å². The predicted molar refractivity (Wildman–Crippen MR) is 79.3 cm³/mol. The van der Waals surface area contributed by atoms with Crippen LogP contribution in [0.3, 0.4) is 0 Å². The third-order valence-electron chi connectivity index (χ3n) is 3.37. The molecule has 2 aromatic heterocycles. The molecular weight excluding hydrogens is 252 g/mol. The van der Waals surface area contributed by atoms with E-state index in [1.165, 1.54) is 0 Å².